The molecule has 1 atom stereocenters. The standard InChI is InChI=1S/C11H15FN2O2/c1-8(7-16-2)13-11(15)14-10-5-3-9(12)4-6-10/h3-6,8H,7H2,1-2H3,(H2,13,14,15)/t8-/m1/s1. The molecule has 1 aromatic carbocycles. The highest BCUT2D eigenvalue weighted by molar-refractivity contribution is 5.89. The van der Waals surface area contributed by atoms with Crippen LogP contribution in [0.25, 0.3) is 0 Å². The Kier molecular flexibility index (Phi) is 4.72. The van der Waals surface area contributed by atoms with E-state index in [-0.39, 0.29) is 17.9 Å². The molecular formula is C11H15FN2O2. The molecule has 16 heavy (non-hydrogen) atoms. The van der Waals surface area contributed by atoms with E-state index in [0.717, 1.165) is 0 Å². The summed E-state index contributed by atoms with van der Waals surface area (Å²) in [6, 6.07) is 5.15. The topological polar surface area (TPSA) is 50.4 Å². The molecule has 0 bridgehead atoms. The molecule has 0 saturated heterocycles. The zero-order valence-electron chi connectivity index (χ0n) is 9.29. The molecule has 0 aliphatic heterocycles. The molecule has 2 amide bonds. The Bertz CT molecular complexity index is 340. The van der Waals surface area contributed by atoms with E-state index in [1.165, 1.54) is 24.3 Å². The second-order valence-electron chi connectivity index (χ2n) is 3.46. The van der Waals surface area contributed by atoms with Crippen molar-refractivity contribution in [2.24, 2.45) is 0 Å². The number of hydrogen-bond acceptors (Lipinski definition) is 2. The van der Waals surface area contributed by atoms with Crippen LogP contribution < -0.4 is 10.6 Å². The molecule has 2 N–H and O–H groups in total. The summed E-state index contributed by atoms with van der Waals surface area (Å²) in [5.74, 6) is -0.335. The first-order chi connectivity index (χ1) is 7.61. The van der Waals surface area contributed by atoms with Gasteiger partial charge in [0.05, 0.1) is 12.6 Å². The Balaban J connectivity index is 2.42. The van der Waals surface area contributed by atoms with Crippen molar-refractivity contribution in [2.75, 3.05) is 19.0 Å². The lowest BCUT2D eigenvalue weighted by molar-refractivity contribution is 0.173. The van der Waals surface area contributed by atoms with E-state index in [4.69, 9.17) is 4.74 Å². The lowest BCUT2D eigenvalue weighted by Gasteiger charge is -2.13. The van der Waals surface area contributed by atoms with Crippen LogP contribution in [0.15, 0.2) is 24.3 Å². The quantitative estimate of drug-likeness (QED) is 0.824. The Hall–Kier alpha value is -1.62. The molecule has 0 spiro atoms. The Morgan fingerprint density at radius 2 is 2.06 bits per heavy atom. The SMILES string of the molecule is COC[C@@H](C)NC(=O)Nc1ccc(F)cc1. The van der Waals surface area contributed by atoms with Gasteiger partial charge in [0.2, 0.25) is 0 Å². The number of halogens is 1. The number of anilines is 1. The van der Waals surface area contributed by atoms with Crippen LogP contribution in [0, 0.1) is 5.82 Å². The van der Waals surface area contributed by atoms with Crippen LogP contribution in [0.5, 0.6) is 0 Å². The molecule has 0 fully saturated rings. The van der Waals surface area contributed by atoms with Crippen molar-refractivity contribution in [2.45, 2.75) is 13.0 Å². The van der Waals surface area contributed by atoms with E-state index in [9.17, 15) is 9.18 Å². The predicted molar refractivity (Wildman–Crippen MR) is 59.9 cm³/mol. The summed E-state index contributed by atoms with van der Waals surface area (Å²) < 4.78 is 17.5. The number of benzene rings is 1. The van der Waals surface area contributed by atoms with E-state index in [2.05, 4.69) is 10.6 Å². The average Bonchev–Trinajstić information content (AvgIpc) is 2.21. The molecule has 0 radical (unpaired) electrons. The minimum Gasteiger partial charge on any atom is -0.383 e. The summed E-state index contributed by atoms with van der Waals surface area (Å²) in [6.07, 6.45) is 0. The maximum atomic E-state index is 12.6. The van der Waals surface area contributed by atoms with Gasteiger partial charge in [0, 0.05) is 12.8 Å². The van der Waals surface area contributed by atoms with Crippen molar-refractivity contribution in [3.05, 3.63) is 30.1 Å². The van der Waals surface area contributed by atoms with E-state index in [1.54, 1.807) is 7.11 Å². The van der Waals surface area contributed by atoms with Gasteiger partial charge >= 0.3 is 6.03 Å². The molecule has 0 saturated carbocycles. The van der Waals surface area contributed by atoms with Gasteiger partial charge < -0.3 is 15.4 Å². The Morgan fingerprint density at radius 3 is 2.62 bits per heavy atom. The number of ether oxygens (including phenoxy) is 1. The van der Waals surface area contributed by atoms with Crippen LogP contribution in [0.2, 0.25) is 0 Å². The van der Waals surface area contributed by atoms with Gasteiger partial charge in [-0.15, -0.1) is 0 Å². The first kappa shape index (κ1) is 12.4. The molecule has 1 rings (SSSR count). The van der Waals surface area contributed by atoms with Crippen LogP contribution >= 0.6 is 0 Å². The van der Waals surface area contributed by atoms with Crippen molar-refractivity contribution >= 4 is 11.7 Å². The summed E-state index contributed by atoms with van der Waals surface area (Å²) in [5, 5.41) is 5.26. The van der Waals surface area contributed by atoms with E-state index < -0.39 is 0 Å². The van der Waals surface area contributed by atoms with Crippen LogP contribution in [-0.4, -0.2) is 25.8 Å². The lowest BCUT2D eigenvalue weighted by Crippen LogP contribution is -2.38. The molecule has 0 aliphatic rings. The summed E-state index contributed by atoms with van der Waals surface area (Å²) in [5.41, 5.74) is 0.545. The van der Waals surface area contributed by atoms with Crippen LogP contribution in [0.3, 0.4) is 0 Å². The van der Waals surface area contributed by atoms with Gasteiger partial charge in [0.1, 0.15) is 5.82 Å². The van der Waals surface area contributed by atoms with Crippen molar-refractivity contribution in [1.82, 2.24) is 5.32 Å². The maximum absolute atomic E-state index is 12.6. The average molecular weight is 226 g/mol. The first-order valence-corrected chi connectivity index (χ1v) is 4.94. The minimum atomic E-state index is -0.337. The third-order valence-electron chi connectivity index (χ3n) is 1.90. The first-order valence-electron chi connectivity index (χ1n) is 4.94. The smallest absolute Gasteiger partial charge is 0.319 e. The number of hydrogen-bond donors (Lipinski definition) is 2. The summed E-state index contributed by atoms with van der Waals surface area (Å²) in [6.45, 7) is 2.27. The van der Waals surface area contributed by atoms with E-state index in [1.807, 2.05) is 6.92 Å². The molecule has 0 unspecified atom stereocenters. The Labute approximate surface area is 93.8 Å². The fourth-order valence-corrected chi connectivity index (χ4v) is 1.22. The van der Waals surface area contributed by atoms with Gasteiger partial charge in [0.25, 0.3) is 0 Å². The highest BCUT2D eigenvalue weighted by atomic mass is 19.1. The molecule has 4 nitrogen and oxygen atoms in total. The number of carbonyl (C=O) groups is 1. The van der Waals surface area contributed by atoms with Crippen molar-refractivity contribution in [1.29, 1.82) is 0 Å². The van der Waals surface area contributed by atoms with Crippen LogP contribution in [0.4, 0.5) is 14.9 Å². The molecule has 0 aliphatic carbocycles. The van der Waals surface area contributed by atoms with Gasteiger partial charge in [0.15, 0.2) is 0 Å². The fraction of sp³-hybridized carbons (Fsp3) is 0.364. The van der Waals surface area contributed by atoms with Gasteiger partial charge in [-0.25, -0.2) is 9.18 Å². The van der Waals surface area contributed by atoms with E-state index in [0.29, 0.717) is 12.3 Å². The zero-order valence-corrected chi connectivity index (χ0v) is 9.29. The normalized spacial score (nSPS) is 11.9. The molecule has 0 heterocycles. The van der Waals surface area contributed by atoms with Gasteiger partial charge in [-0.05, 0) is 31.2 Å². The third kappa shape index (κ3) is 4.27. The number of amides is 2. The molecule has 1 aromatic rings. The number of urea groups is 1. The number of nitrogens with one attached hydrogen (secondary N) is 2. The van der Waals surface area contributed by atoms with Gasteiger partial charge in [-0.1, -0.05) is 0 Å². The zero-order chi connectivity index (χ0) is 12.0. The highest BCUT2D eigenvalue weighted by Crippen LogP contribution is 2.07. The van der Waals surface area contributed by atoms with Crippen LogP contribution in [0.1, 0.15) is 6.92 Å². The second kappa shape index (κ2) is 6.07. The minimum absolute atomic E-state index is 0.0783. The second-order valence-corrected chi connectivity index (χ2v) is 3.46. The Morgan fingerprint density at radius 1 is 1.44 bits per heavy atom. The number of methoxy groups -OCH3 is 1. The lowest BCUT2D eigenvalue weighted by atomic mass is 10.3. The van der Waals surface area contributed by atoms with Crippen molar-refractivity contribution in [3.8, 4) is 0 Å². The molecular weight excluding hydrogens is 211 g/mol. The molecule has 5 heteroatoms. The van der Waals surface area contributed by atoms with Crippen molar-refractivity contribution in [3.63, 3.8) is 0 Å². The number of rotatable bonds is 4. The largest absolute Gasteiger partial charge is 0.383 e. The van der Waals surface area contributed by atoms with Gasteiger partial charge in [-0.2, -0.15) is 0 Å². The van der Waals surface area contributed by atoms with Gasteiger partial charge in [-0.3, -0.25) is 0 Å². The summed E-state index contributed by atoms with van der Waals surface area (Å²) >= 11 is 0. The van der Waals surface area contributed by atoms with E-state index >= 15 is 0 Å². The highest BCUT2D eigenvalue weighted by Gasteiger charge is 2.06. The maximum Gasteiger partial charge on any atom is 0.319 e. The molecule has 0 aromatic heterocycles. The summed E-state index contributed by atoms with van der Waals surface area (Å²) in [4.78, 5) is 11.4. The third-order valence-corrected chi connectivity index (χ3v) is 1.90. The van der Waals surface area contributed by atoms with Crippen molar-refractivity contribution < 1.29 is 13.9 Å². The number of carbonyl (C=O) groups excluding carboxylic acids is 1. The van der Waals surface area contributed by atoms with Crippen LogP contribution in [-0.2, 0) is 4.74 Å². The predicted octanol–water partition coefficient (Wildman–Crippen LogP) is 1.98. The fourth-order valence-electron chi connectivity index (χ4n) is 1.22. The molecule has 88 valence electrons. The summed E-state index contributed by atoms with van der Waals surface area (Å²) in [7, 11) is 1.57. The monoisotopic (exact) mass is 226 g/mol.